The number of methoxy groups -OCH3 is 1. The van der Waals surface area contributed by atoms with E-state index in [1.165, 1.54) is 12.7 Å². The molecule has 0 aliphatic carbocycles. The molecule has 1 aromatic carbocycles. The average Bonchev–Trinajstić information content (AvgIpc) is 2.56. The van der Waals surface area contributed by atoms with Gasteiger partial charge in [-0.05, 0) is 29.5 Å². The van der Waals surface area contributed by atoms with Crippen molar-refractivity contribution in [2.75, 3.05) is 20.2 Å². The number of rotatable bonds is 8. The molecule has 0 spiro atoms. The molecule has 1 aromatic rings. The maximum atomic E-state index is 12.8. The topological polar surface area (TPSA) is 46.6 Å². The molecule has 0 aliphatic heterocycles. The summed E-state index contributed by atoms with van der Waals surface area (Å²) >= 11 is 0. The molecule has 1 rings (SSSR count). The van der Waals surface area contributed by atoms with Crippen molar-refractivity contribution in [2.24, 2.45) is 0 Å². The second kappa shape index (κ2) is 9.45. The van der Waals surface area contributed by atoms with Gasteiger partial charge in [0.05, 0.1) is 13.5 Å². The van der Waals surface area contributed by atoms with E-state index < -0.39 is 0 Å². The molecule has 4 nitrogen and oxygen atoms in total. The SMILES string of the molecule is CCCCCN(CCC(=O)OC)C(=O)c1ccc(C(C)(C)C)cc1. The van der Waals surface area contributed by atoms with Crippen LogP contribution in [0.15, 0.2) is 24.3 Å². The summed E-state index contributed by atoms with van der Waals surface area (Å²) in [5.41, 5.74) is 1.93. The minimum absolute atomic E-state index is 0.0181. The predicted octanol–water partition coefficient (Wildman–Crippen LogP) is 4.18. The fraction of sp³-hybridized carbons (Fsp3) is 0.600. The number of ether oxygens (including phenoxy) is 1. The van der Waals surface area contributed by atoms with Gasteiger partial charge in [0.25, 0.3) is 5.91 Å². The van der Waals surface area contributed by atoms with Crippen LogP contribution in [0, 0.1) is 0 Å². The van der Waals surface area contributed by atoms with Crippen LogP contribution in [0.2, 0.25) is 0 Å². The summed E-state index contributed by atoms with van der Waals surface area (Å²) in [5, 5.41) is 0. The van der Waals surface area contributed by atoms with Crippen LogP contribution >= 0.6 is 0 Å². The number of carbonyl (C=O) groups excluding carboxylic acids is 2. The molecule has 1 amide bonds. The highest BCUT2D eigenvalue weighted by atomic mass is 16.5. The van der Waals surface area contributed by atoms with Gasteiger partial charge < -0.3 is 9.64 Å². The first-order valence-electron chi connectivity index (χ1n) is 8.76. The largest absolute Gasteiger partial charge is 0.469 e. The first kappa shape index (κ1) is 20.2. The quantitative estimate of drug-likeness (QED) is 0.529. The Hall–Kier alpha value is -1.84. The van der Waals surface area contributed by atoms with Gasteiger partial charge in [-0.25, -0.2) is 0 Å². The normalized spacial score (nSPS) is 11.2. The van der Waals surface area contributed by atoms with E-state index in [2.05, 4.69) is 32.4 Å². The molecule has 0 radical (unpaired) electrons. The van der Waals surface area contributed by atoms with E-state index in [-0.39, 0.29) is 23.7 Å². The highest BCUT2D eigenvalue weighted by Gasteiger charge is 2.18. The number of unbranched alkanes of at least 4 members (excludes halogenated alkanes) is 2. The minimum atomic E-state index is -0.286. The molecule has 0 unspecified atom stereocenters. The highest BCUT2D eigenvalue weighted by molar-refractivity contribution is 5.94. The molecular weight excluding hydrogens is 302 g/mol. The van der Waals surface area contributed by atoms with Crippen LogP contribution in [0.3, 0.4) is 0 Å². The van der Waals surface area contributed by atoms with Crippen LogP contribution in [0.25, 0.3) is 0 Å². The van der Waals surface area contributed by atoms with E-state index in [4.69, 9.17) is 0 Å². The van der Waals surface area contributed by atoms with E-state index in [0.717, 1.165) is 19.3 Å². The Morgan fingerprint density at radius 1 is 1.04 bits per heavy atom. The van der Waals surface area contributed by atoms with Gasteiger partial charge in [-0.2, -0.15) is 0 Å². The number of amides is 1. The summed E-state index contributed by atoms with van der Waals surface area (Å²) in [6.45, 7) is 9.65. The number of hydrogen-bond acceptors (Lipinski definition) is 3. The molecule has 0 aliphatic rings. The van der Waals surface area contributed by atoms with Crippen molar-refractivity contribution in [2.45, 2.75) is 58.8 Å². The lowest BCUT2D eigenvalue weighted by atomic mass is 9.86. The summed E-state index contributed by atoms with van der Waals surface area (Å²) in [6, 6.07) is 7.79. The molecule has 0 heterocycles. The second-order valence-electron chi connectivity index (χ2n) is 7.15. The van der Waals surface area contributed by atoms with Gasteiger partial charge in [0.2, 0.25) is 0 Å². The van der Waals surface area contributed by atoms with Crippen molar-refractivity contribution in [3.8, 4) is 0 Å². The highest BCUT2D eigenvalue weighted by Crippen LogP contribution is 2.22. The van der Waals surface area contributed by atoms with Crippen LogP contribution in [-0.2, 0) is 14.9 Å². The van der Waals surface area contributed by atoms with Crippen molar-refractivity contribution < 1.29 is 14.3 Å². The lowest BCUT2D eigenvalue weighted by Crippen LogP contribution is -2.34. The molecular formula is C20H31NO3. The number of nitrogens with zero attached hydrogens (tertiary/aromatic N) is 1. The van der Waals surface area contributed by atoms with Gasteiger partial charge in [0, 0.05) is 18.7 Å². The van der Waals surface area contributed by atoms with Crippen LogP contribution in [0.4, 0.5) is 0 Å². The van der Waals surface area contributed by atoms with Crippen LogP contribution < -0.4 is 0 Å². The molecule has 0 saturated carbocycles. The van der Waals surface area contributed by atoms with Crippen LogP contribution in [0.5, 0.6) is 0 Å². The van der Waals surface area contributed by atoms with Crippen molar-refractivity contribution in [3.05, 3.63) is 35.4 Å². The molecule has 0 bridgehead atoms. The molecule has 0 saturated heterocycles. The van der Waals surface area contributed by atoms with Gasteiger partial charge in [0.1, 0.15) is 0 Å². The van der Waals surface area contributed by atoms with Crippen molar-refractivity contribution in [1.82, 2.24) is 4.90 Å². The third-order valence-corrected chi connectivity index (χ3v) is 4.13. The fourth-order valence-electron chi connectivity index (χ4n) is 2.49. The zero-order valence-corrected chi connectivity index (χ0v) is 15.7. The predicted molar refractivity (Wildman–Crippen MR) is 97.2 cm³/mol. The summed E-state index contributed by atoms with van der Waals surface area (Å²) in [4.78, 5) is 25.9. The molecule has 0 aromatic heterocycles. The van der Waals surface area contributed by atoms with Crippen LogP contribution in [-0.4, -0.2) is 37.0 Å². The molecule has 0 fully saturated rings. The smallest absolute Gasteiger partial charge is 0.307 e. The van der Waals surface area contributed by atoms with E-state index >= 15 is 0 Å². The van der Waals surface area contributed by atoms with E-state index in [1.807, 2.05) is 24.3 Å². The zero-order valence-electron chi connectivity index (χ0n) is 15.7. The Morgan fingerprint density at radius 3 is 2.17 bits per heavy atom. The summed E-state index contributed by atoms with van der Waals surface area (Å²) in [7, 11) is 1.37. The Labute approximate surface area is 146 Å². The lowest BCUT2D eigenvalue weighted by Gasteiger charge is -2.23. The van der Waals surface area contributed by atoms with Gasteiger partial charge >= 0.3 is 5.97 Å². The first-order valence-corrected chi connectivity index (χ1v) is 8.76. The Morgan fingerprint density at radius 2 is 1.67 bits per heavy atom. The standard InChI is InChI=1S/C20H31NO3/c1-6-7-8-14-21(15-13-18(22)24-5)19(23)16-9-11-17(12-10-16)20(2,3)4/h9-12H,6-8,13-15H2,1-5H3. The van der Waals surface area contributed by atoms with Crippen molar-refractivity contribution >= 4 is 11.9 Å². The first-order chi connectivity index (χ1) is 11.3. The minimum Gasteiger partial charge on any atom is -0.469 e. The third kappa shape index (κ3) is 6.34. The monoisotopic (exact) mass is 333 g/mol. The van der Waals surface area contributed by atoms with Gasteiger partial charge in [-0.1, -0.05) is 52.7 Å². The number of carbonyl (C=O) groups is 2. The third-order valence-electron chi connectivity index (χ3n) is 4.13. The van der Waals surface area contributed by atoms with Gasteiger partial charge in [-0.3, -0.25) is 9.59 Å². The summed E-state index contributed by atoms with van der Waals surface area (Å²) in [6.07, 6.45) is 3.35. The Balaban J connectivity index is 2.82. The Bertz CT molecular complexity index is 529. The zero-order chi connectivity index (χ0) is 18.2. The maximum Gasteiger partial charge on any atom is 0.307 e. The second-order valence-corrected chi connectivity index (χ2v) is 7.15. The van der Waals surface area contributed by atoms with Crippen molar-refractivity contribution in [3.63, 3.8) is 0 Å². The number of hydrogen-bond donors (Lipinski definition) is 0. The summed E-state index contributed by atoms with van der Waals surface area (Å²) in [5.74, 6) is -0.304. The van der Waals surface area contributed by atoms with Gasteiger partial charge in [0.15, 0.2) is 0 Å². The van der Waals surface area contributed by atoms with Crippen molar-refractivity contribution in [1.29, 1.82) is 0 Å². The number of benzene rings is 1. The molecule has 134 valence electrons. The van der Waals surface area contributed by atoms with E-state index in [9.17, 15) is 9.59 Å². The Kier molecular flexibility index (Phi) is 7.96. The van der Waals surface area contributed by atoms with E-state index in [0.29, 0.717) is 18.7 Å². The molecule has 4 heteroatoms. The molecule has 24 heavy (non-hydrogen) atoms. The number of esters is 1. The van der Waals surface area contributed by atoms with Gasteiger partial charge in [-0.15, -0.1) is 0 Å². The summed E-state index contributed by atoms with van der Waals surface area (Å²) < 4.78 is 4.69. The average molecular weight is 333 g/mol. The van der Waals surface area contributed by atoms with Crippen LogP contribution in [0.1, 0.15) is 69.3 Å². The molecule has 0 N–H and O–H groups in total. The lowest BCUT2D eigenvalue weighted by molar-refractivity contribution is -0.140. The maximum absolute atomic E-state index is 12.8. The van der Waals surface area contributed by atoms with E-state index in [1.54, 1.807) is 4.90 Å². The molecule has 0 atom stereocenters. The fourth-order valence-corrected chi connectivity index (χ4v) is 2.49.